The van der Waals surface area contributed by atoms with Crippen molar-refractivity contribution in [1.29, 1.82) is 0 Å². The van der Waals surface area contributed by atoms with Crippen molar-refractivity contribution >= 4 is 33.9 Å². The molecular weight excluding hydrogens is 332 g/mol. The fourth-order valence-corrected chi connectivity index (χ4v) is 3.15. The van der Waals surface area contributed by atoms with Crippen molar-refractivity contribution in [1.82, 2.24) is 4.98 Å². The van der Waals surface area contributed by atoms with Gasteiger partial charge in [0.25, 0.3) is 0 Å². The van der Waals surface area contributed by atoms with Crippen molar-refractivity contribution in [3.63, 3.8) is 0 Å². The summed E-state index contributed by atoms with van der Waals surface area (Å²) in [5, 5.41) is 0.723. The molecule has 2 aromatic heterocycles. The first-order chi connectivity index (χ1) is 12.6. The van der Waals surface area contributed by atoms with Gasteiger partial charge < -0.3 is 14.9 Å². The molecule has 0 bridgehead atoms. The van der Waals surface area contributed by atoms with E-state index in [1.54, 1.807) is 13.0 Å². The zero-order valence-corrected chi connectivity index (χ0v) is 14.6. The number of nitrogens with zero attached hydrogens (tertiary/aromatic N) is 1. The Balaban J connectivity index is 1.82. The Hall–Kier alpha value is -2.89. The number of aryl methyl sites for hydroxylation is 1. The number of carbonyl (C=O) groups is 1. The Morgan fingerprint density at radius 2 is 2.12 bits per heavy atom. The number of nitrogens with two attached hydrogens (primary N) is 1. The van der Waals surface area contributed by atoms with Crippen LogP contribution in [-0.2, 0) is 11.2 Å². The van der Waals surface area contributed by atoms with E-state index in [0.717, 1.165) is 24.3 Å². The minimum atomic E-state index is -0.600. The van der Waals surface area contributed by atoms with Gasteiger partial charge >= 0.3 is 5.97 Å². The van der Waals surface area contributed by atoms with E-state index in [1.807, 2.05) is 12.1 Å². The molecule has 1 aromatic carbocycles. The summed E-state index contributed by atoms with van der Waals surface area (Å²) in [5.74, 6) is 0.217. The Labute approximate surface area is 150 Å². The van der Waals surface area contributed by atoms with Crippen LogP contribution in [0.2, 0.25) is 0 Å². The average Bonchev–Trinajstić information content (AvgIpc) is 3.44. The summed E-state index contributed by atoms with van der Waals surface area (Å²) in [6, 6.07) is 7.08. The molecule has 0 radical (unpaired) electrons. The lowest BCUT2D eigenvalue weighted by Gasteiger charge is -2.07. The molecule has 26 heavy (non-hydrogen) atoms. The number of fused-ring (bicyclic) bond motifs is 2. The van der Waals surface area contributed by atoms with Gasteiger partial charge in [0.1, 0.15) is 17.0 Å². The third-order valence-electron chi connectivity index (χ3n) is 4.79. The number of anilines is 1. The van der Waals surface area contributed by atoms with E-state index in [1.165, 1.54) is 18.9 Å². The highest BCUT2D eigenvalue weighted by atomic mass is 16.5. The number of benzene rings is 1. The van der Waals surface area contributed by atoms with Crippen molar-refractivity contribution in [3.8, 4) is 0 Å². The smallest absolute Gasteiger partial charge is 0.341 e. The molecule has 2 N–H and O–H groups in total. The summed E-state index contributed by atoms with van der Waals surface area (Å²) >= 11 is 0. The molecule has 1 aliphatic carbocycles. The lowest BCUT2D eigenvalue weighted by atomic mass is 10.0. The van der Waals surface area contributed by atoms with Crippen LogP contribution in [0.4, 0.5) is 5.82 Å². The van der Waals surface area contributed by atoms with Crippen LogP contribution < -0.4 is 11.2 Å². The summed E-state index contributed by atoms with van der Waals surface area (Å²) in [7, 11) is 0. The van der Waals surface area contributed by atoms with Crippen LogP contribution in [0, 0.1) is 5.92 Å². The van der Waals surface area contributed by atoms with Crippen LogP contribution in [0.15, 0.2) is 33.5 Å². The van der Waals surface area contributed by atoms with E-state index < -0.39 is 5.97 Å². The van der Waals surface area contributed by atoms with Gasteiger partial charge in [-0.05, 0) is 49.4 Å². The largest absolute Gasteiger partial charge is 0.462 e. The van der Waals surface area contributed by atoms with Crippen LogP contribution in [-0.4, -0.2) is 17.6 Å². The summed E-state index contributed by atoms with van der Waals surface area (Å²) in [5.41, 5.74) is 7.41. The van der Waals surface area contributed by atoms with Crippen molar-refractivity contribution in [2.24, 2.45) is 5.92 Å². The molecule has 0 saturated heterocycles. The fourth-order valence-electron chi connectivity index (χ4n) is 3.15. The van der Waals surface area contributed by atoms with Crippen LogP contribution in [0.1, 0.15) is 42.1 Å². The minimum Gasteiger partial charge on any atom is -0.462 e. The molecule has 1 aliphatic rings. The van der Waals surface area contributed by atoms with Gasteiger partial charge in [0.15, 0.2) is 0 Å². The van der Waals surface area contributed by atoms with Gasteiger partial charge in [-0.1, -0.05) is 18.9 Å². The molecule has 2 heterocycles. The number of hydrogen-bond donors (Lipinski definition) is 1. The summed E-state index contributed by atoms with van der Waals surface area (Å²) in [6.07, 6.45) is 4.72. The predicted molar refractivity (Wildman–Crippen MR) is 99.2 cm³/mol. The van der Waals surface area contributed by atoms with Crippen molar-refractivity contribution in [2.45, 2.75) is 32.6 Å². The van der Waals surface area contributed by atoms with E-state index in [4.69, 9.17) is 14.9 Å². The maximum atomic E-state index is 12.9. The van der Waals surface area contributed by atoms with Crippen LogP contribution in [0.25, 0.3) is 22.1 Å². The number of nitrogen functional groups attached to an aromatic ring is 1. The quantitative estimate of drug-likeness (QED) is 0.558. The zero-order chi connectivity index (χ0) is 18.3. The number of carbonyl (C=O) groups excluding carboxylic acids is 1. The molecule has 0 spiro atoms. The standard InChI is InChI=1S/C20H20N2O4/c1-2-25-20(24)15-10-14-17(23)13-9-12(6-5-11-3-4-11)7-8-16(13)26-19(14)22-18(15)21/h7-11H,2-6H2,1H3,(H2,21,22). The molecular formula is C20H20N2O4. The van der Waals surface area contributed by atoms with Crippen LogP contribution >= 0.6 is 0 Å². The summed E-state index contributed by atoms with van der Waals surface area (Å²) < 4.78 is 10.7. The van der Waals surface area contributed by atoms with Gasteiger partial charge in [0, 0.05) is 0 Å². The number of esters is 1. The maximum Gasteiger partial charge on any atom is 0.341 e. The number of pyridine rings is 1. The second-order valence-corrected chi connectivity index (χ2v) is 6.74. The predicted octanol–water partition coefficient (Wildman–Crippen LogP) is 3.44. The molecule has 1 fully saturated rings. The first-order valence-corrected chi connectivity index (χ1v) is 8.90. The number of aromatic nitrogens is 1. The summed E-state index contributed by atoms with van der Waals surface area (Å²) in [4.78, 5) is 29.1. The van der Waals surface area contributed by atoms with Gasteiger partial charge in [-0.25, -0.2) is 4.79 Å². The second-order valence-electron chi connectivity index (χ2n) is 6.74. The topological polar surface area (TPSA) is 95.4 Å². The Bertz CT molecular complexity index is 1070. The number of ether oxygens (including phenoxy) is 1. The first kappa shape index (κ1) is 16.6. The SMILES string of the molecule is CCOC(=O)c1cc2c(=O)c3cc(CCC4CC4)ccc3oc2nc1N. The first-order valence-electron chi connectivity index (χ1n) is 8.90. The molecule has 0 atom stereocenters. The molecule has 0 unspecified atom stereocenters. The minimum absolute atomic E-state index is 0.0143. The third kappa shape index (κ3) is 3.03. The normalized spacial score (nSPS) is 14.0. The van der Waals surface area contributed by atoms with E-state index in [2.05, 4.69) is 4.98 Å². The van der Waals surface area contributed by atoms with Gasteiger partial charge in [-0.3, -0.25) is 4.79 Å². The van der Waals surface area contributed by atoms with Gasteiger partial charge in [0.2, 0.25) is 11.1 Å². The maximum absolute atomic E-state index is 12.9. The molecule has 3 aromatic rings. The molecule has 6 heteroatoms. The highest BCUT2D eigenvalue weighted by molar-refractivity contribution is 5.99. The summed E-state index contributed by atoms with van der Waals surface area (Å²) in [6.45, 7) is 1.92. The molecule has 4 rings (SSSR count). The Morgan fingerprint density at radius 1 is 1.31 bits per heavy atom. The van der Waals surface area contributed by atoms with Gasteiger partial charge in [-0.2, -0.15) is 4.98 Å². The molecule has 0 amide bonds. The third-order valence-corrected chi connectivity index (χ3v) is 4.79. The molecule has 1 saturated carbocycles. The lowest BCUT2D eigenvalue weighted by Crippen LogP contribution is -2.12. The van der Waals surface area contributed by atoms with Crippen molar-refractivity contribution in [3.05, 3.63) is 45.6 Å². The van der Waals surface area contributed by atoms with Crippen molar-refractivity contribution in [2.75, 3.05) is 12.3 Å². The lowest BCUT2D eigenvalue weighted by molar-refractivity contribution is 0.0527. The molecule has 0 aliphatic heterocycles. The number of rotatable bonds is 5. The van der Waals surface area contributed by atoms with Gasteiger partial charge in [0.05, 0.1) is 17.4 Å². The van der Waals surface area contributed by atoms with Crippen LogP contribution in [0.3, 0.4) is 0 Å². The monoisotopic (exact) mass is 352 g/mol. The van der Waals surface area contributed by atoms with E-state index >= 15 is 0 Å². The van der Waals surface area contributed by atoms with Crippen molar-refractivity contribution < 1.29 is 13.9 Å². The van der Waals surface area contributed by atoms with E-state index in [-0.39, 0.29) is 34.5 Å². The number of hydrogen-bond acceptors (Lipinski definition) is 6. The Morgan fingerprint density at radius 3 is 2.85 bits per heavy atom. The van der Waals surface area contributed by atoms with E-state index in [9.17, 15) is 9.59 Å². The Kier molecular flexibility index (Phi) is 4.11. The highest BCUT2D eigenvalue weighted by Gasteiger charge is 2.21. The van der Waals surface area contributed by atoms with Gasteiger partial charge in [-0.15, -0.1) is 0 Å². The second kappa shape index (κ2) is 6.44. The van der Waals surface area contributed by atoms with E-state index in [0.29, 0.717) is 11.0 Å². The highest BCUT2D eigenvalue weighted by Crippen LogP contribution is 2.33. The van der Waals surface area contributed by atoms with Crippen LogP contribution in [0.5, 0.6) is 0 Å². The molecule has 6 nitrogen and oxygen atoms in total. The average molecular weight is 352 g/mol. The fraction of sp³-hybridized carbons (Fsp3) is 0.350. The zero-order valence-electron chi connectivity index (χ0n) is 14.6. The molecule has 134 valence electrons.